The third-order valence-electron chi connectivity index (χ3n) is 2.77. The van der Waals surface area contributed by atoms with Crippen LogP contribution in [-0.2, 0) is 5.75 Å². The molecular formula is C15H14BrNO3S. The molecular weight excluding hydrogens is 354 g/mol. The molecule has 0 fully saturated rings. The van der Waals surface area contributed by atoms with E-state index in [0.29, 0.717) is 16.2 Å². The number of hydrogen-bond donors (Lipinski definition) is 1. The second-order valence-electron chi connectivity index (χ2n) is 4.37. The second-order valence-corrected chi connectivity index (χ2v) is 6.31. The molecule has 2 rings (SSSR count). The van der Waals surface area contributed by atoms with Gasteiger partial charge in [0, 0.05) is 32.9 Å². The van der Waals surface area contributed by atoms with Crippen molar-refractivity contribution in [1.29, 1.82) is 0 Å². The highest BCUT2D eigenvalue weighted by Gasteiger charge is 2.11. The van der Waals surface area contributed by atoms with Gasteiger partial charge in [-0.3, -0.25) is 4.98 Å². The van der Waals surface area contributed by atoms with E-state index >= 15 is 0 Å². The van der Waals surface area contributed by atoms with Crippen LogP contribution < -0.4 is 4.74 Å². The van der Waals surface area contributed by atoms with E-state index < -0.39 is 5.97 Å². The summed E-state index contributed by atoms with van der Waals surface area (Å²) in [7, 11) is 1.61. The average Bonchev–Trinajstić information content (AvgIpc) is 2.44. The topological polar surface area (TPSA) is 59.4 Å². The number of pyridine rings is 1. The van der Waals surface area contributed by atoms with E-state index in [1.54, 1.807) is 25.3 Å². The first-order valence-corrected chi connectivity index (χ1v) is 7.94. The Labute approximate surface area is 135 Å². The maximum atomic E-state index is 11.2. The SMILES string of the molecule is COc1cc(C)nc(CSc2cc(Br)ccc2C(=O)O)c1. The molecule has 0 spiro atoms. The summed E-state index contributed by atoms with van der Waals surface area (Å²) < 4.78 is 6.07. The summed E-state index contributed by atoms with van der Waals surface area (Å²) >= 11 is 4.81. The summed E-state index contributed by atoms with van der Waals surface area (Å²) in [6.07, 6.45) is 0. The summed E-state index contributed by atoms with van der Waals surface area (Å²) in [6.45, 7) is 1.90. The predicted molar refractivity (Wildman–Crippen MR) is 86.2 cm³/mol. The molecule has 0 amide bonds. The predicted octanol–water partition coefficient (Wildman–Crippen LogP) is 4.15. The van der Waals surface area contributed by atoms with Crippen molar-refractivity contribution in [1.82, 2.24) is 4.98 Å². The molecule has 110 valence electrons. The molecule has 21 heavy (non-hydrogen) atoms. The summed E-state index contributed by atoms with van der Waals surface area (Å²) in [6, 6.07) is 8.84. The lowest BCUT2D eigenvalue weighted by Gasteiger charge is -2.08. The largest absolute Gasteiger partial charge is 0.497 e. The Balaban J connectivity index is 2.22. The van der Waals surface area contributed by atoms with Gasteiger partial charge in [0.15, 0.2) is 0 Å². The zero-order chi connectivity index (χ0) is 15.4. The third kappa shape index (κ3) is 4.22. The van der Waals surface area contributed by atoms with E-state index in [-0.39, 0.29) is 0 Å². The minimum Gasteiger partial charge on any atom is -0.497 e. The Morgan fingerprint density at radius 1 is 1.38 bits per heavy atom. The second kappa shape index (κ2) is 6.95. The molecule has 1 aromatic heterocycles. The molecule has 0 saturated carbocycles. The molecule has 2 aromatic rings. The monoisotopic (exact) mass is 367 g/mol. The molecule has 0 aliphatic rings. The molecule has 4 nitrogen and oxygen atoms in total. The number of ether oxygens (including phenoxy) is 1. The van der Waals surface area contributed by atoms with Crippen molar-refractivity contribution >= 4 is 33.7 Å². The first-order valence-electron chi connectivity index (χ1n) is 6.17. The van der Waals surface area contributed by atoms with Crippen molar-refractivity contribution in [3.05, 3.63) is 51.8 Å². The van der Waals surface area contributed by atoms with Crippen molar-refractivity contribution in [2.45, 2.75) is 17.6 Å². The molecule has 0 radical (unpaired) electrons. The number of carboxylic acids is 1. The number of benzene rings is 1. The standard InChI is InChI=1S/C15H14BrNO3S/c1-9-5-12(20-2)7-11(17-9)8-21-14-6-10(16)3-4-13(14)15(18)19/h3-7H,8H2,1-2H3,(H,18,19). The van der Waals surface area contributed by atoms with Gasteiger partial charge in [0.25, 0.3) is 0 Å². The number of aromatic nitrogens is 1. The van der Waals surface area contributed by atoms with E-state index in [0.717, 1.165) is 21.6 Å². The minimum absolute atomic E-state index is 0.294. The fourth-order valence-corrected chi connectivity index (χ4v) is 3.32. The maximum Gasteiger partial charge on any atom is 0.336 e. The number of halogens is 1. The van der Waals surface area contributed by atoms with Crippen molar-refractivity contribution in [3.8, 4) is 5.75 Å². The lowest BCUT2D eigenvalue weighted by Crippen LogP contribution is -1.99. The number of rotatable bonds is 5. The van der Waals surface area contributed by atoms with E-state index in [9.17, 15) is 9.90 Å². The number of nitrogens with zero attached hydrogens (tertiary/aromatic N) is 1. The van der Waals surface area contributed by atoms with Gasteiger partial charge in [-0.2, -0.15) is 0 Å². The average molecular weight is 368 g/mol. The quantitative estimate of drug-likeness (QED) is 0.804. The Morgan fingerprint density at radius 2 is 2.14 bits per heavy atom. The lowest BCUT2D eigenvalue weighted by atomic mass is 10.2. The Morgan fingerprint density at radius 3 is 2.81 bits per heavy atom. The smallest absolute Gasteiger partial charge is 0.336 e. The molecule has 0 aliphatic carbocycles. The van der Waals surface area contributed by atoms with Crippen molar-refractivity contribution in [2.24, 2.45) is 0 Å². The van der Waals surface area contributed by atoms with E-state index in [2.05, 4.69) is 20.9 Å². The van der Waals surface area contributed by atoms with Gasteiger partial charge >= 0.3 is 5.97 Å². The molecule has 0 atom stereocenters. The van der Waals surface area contributed by atoms with Crippen molar-refractivity contribution < 1.29 is 14.6 Å². The molecule has 0 bridgehead atoms. The number of hydrogen-bond acceptors (Lipinski definition) is 4. The van der Waals surface area contributed by atoms with Gasteiger partial charge in [-0.15, -0.1) is 11.8 Å². The highest BCUT2D eigenvalue weighted by atomic mass is 79.9. The highest BCUT2D eigenvalue weighted by Crippen LogP contribution is 2.29. The minimum atomic E-state index is -0.931. The Kier molecular flexibility index (Phi) is 5.25. The molecule has 1 aromatic carbocycles. The van der Waals surface area contributed by atoms with Gasteiger partial charge in [-0.1, -0.05) is 15.9 Å². The molecule has 0 unspecified atom stereocenters. The van der Waals surface area contributed by atoms with Crippen LogP contribution in [0.15, 0.2) is 39.7 Å². The van der Waals surface area contributed by atoms with Crippen molar-refractivity contribution in [2.75, 3.05) is 7.11 Å². The van der Waals surface area contributed by atoms with Crippen LogP contribution in [0.1, 0.15) is 21.7 Å². The molecule has 6 heteroatoms. The summed E-state index contributed by atoms with van der Waals surface area (Å²) in [5.41, 5.74) is 2.02. The van der Waals surface area contributed by atoms with Gasteiger partial charge < -0.3 is 9.84 Å². The Hall–Kier alpha value is -1.53. The van der Waals surface area contributed by atoms with Crippen LogP contribution in [0.3, 0.4) is 0 Å². The maximum absolute atomic E-state index is 11.2. The van der Waals surface area contributed by atoms with E-state index in [4.69, 9.17) is 4.74 Å². The van der Waals surface area contributed by atoms with Crippen molar-refractivity contribution in [3.63, 3.8) is 0 Å². The summed E-state index contributed by atoms with van der Waals surface area (Å²) in [4.78, 5) is 16.4. The fourth-order valence-electron chi connectivity index (χ4n) is 1.84. The van der Waals surface area contributed by atoms with Crippen LogP contribution in [0, 0.1) is 6.92 Å². The van der Waals surface area contributed by atoms with Crippen LogP contribution in [-0.4, -0.2) is 23.2 Å². The fraction of sp³-hybridized carbons (Fsp3) is 0.200. The Bertz CT molecular complexity index is 676. The van der Waals surface area contributed by atoms with Crippen LogP contribution in [0.2, 0.25) is 0 Å². The molecule has 0 saturated heterocycles. The van der Waals surface area contributed by atoms with Gasteiger partial charge in [-0.05, 0) is 25.1 Å². The molecule has 1 N–H and O–H groups in total. The third-order valence-corrected chi connectivity index (χ3v) is 4.35. The van der Waals surface area contributed by atoms with E-state index in [1.165, 1.54) is 11.8 Å². The summed E-state index contributed by atoms with van der Waals surface area (Å²) in [5.74, 6) is 0.403. The zero-order valence-corrected chi connectivity index (χ0v) is 14.0. The van der Waals surface area contributed by atoms with Crippen LogP contribution in [0.25, 0.3) is 0 Å². The lowest BCUT2D eigenvalue weighted by molar-refractivity contribution is 0.0693. The molecule has 1 heterocycles. The zero-order valence-electron chi connectivity index (χ0n) is 11.6. The van der Waals surface area contributed by atoms with Crippen LogP contribution in [0.4, 0.5) is 0 Å². The first kappa shape index (κ1) is 15.9. The van der Waals surface area contributed by atoms with Gasteiger partial charge in [-0.25, -0.2) is 4.79 Å². The first-order chi connectivity index (χ1) is 9.99. The summed E-state index contributed by atoms with van der Waals surface area (Å²) in [5, 5.41) is 9.22. The van der Waals surface area contributed by atoms with Gasteiger partial charge in [0.2, 0.25) is 0 Å². The number of aryl methyl sites for hydroxylation is 1. The number of carboxylic acid groups (broad SMARTS) is 1. The van der Waals surface area contributed by atoms with E-state index in [1.807, 2.05) is 19.1 Å². The normalized spacial score (nSPS) is 10.4. The number of methoxy groups -OCH3 is 1. The van der Waals surface area contributed by atoms with Gasteiger partial charge in [0.05, 0.1) is 18.4 Å². The highest BCUT2D eigenvalue weighted by molar-refractivity contribution is 9.10. The van der Waals surface area contributed by atoms with Crippen LogP contribution >= 0.6 is 27.7 Å². The number of aromatic carboxylic acids is 1. The molecule has 0 aliphatic heterocycles. The van der Waals surface area contributed by atoms with Crippen LogP contribution in [0.5, 0.6) is 5.75 Å². The number of carbonyl (C=O) groups is 1. The number of thioether (sulfide) groups is 1. The van der Waals surface area contributed by atoms with Gasteiger partial charge in [0.1, 0.15) is 5.75 Å².